The molecule has 0 aliphatic carbocycles. The fourth-order valence-electron chi connectivity index (χ4n) is 2.52. The number of hydrogen-bond donors (Lipinski definition) is 2. The lowest BCUT2D eigenvalue weighted by Gasteiger charge is -2.21. The predicted octanol–water partition coefficient (Wildman–Crippen LogP) is 2.39. The summed E-state index contributed by atoms with van der Waals surface area (Å²) in [5.41, 5.74) is 7.20. The van der Waals surface area contributed by atoms with Crippen molar-refractivity contribution < 1.29 is 14.3 Å². The Morgan fingerprint density at radius 2 is 2.07 bits per heavy atom. The van der Waals surface area contributed by atoms with Crippen molar-refractivity contribution >= 4 is 35.3 Å². The smallest absolute Gasteiger partial charge is 0.312 e. The van der Waals surface area contributed by atoms with E-state index in [2.05, 4.69) is 15.2 Å². The summed E-state index contributed by atoms with van der Waals surface area (Å²) >= 11 is 7.46. The molecule has 0 fully saturated rings. The van der Waals surface area contributed by atoms with Crippen LogP contribution in [0.15, 0.2) is 45.8 Å². The fourth-order valence-corrected chi connectivity index (χ4v) is 3.70. The van der Waals surface area contributed by atoms with Gasteiger partial charge in [0.25, 0.3) is 0 Å². The highest BCUT2D eigenvalue weighted by Crippen LogP contribution is 2.28. The Bertz CT molecular complexity index is 1070. The maximum Gasteiger partial charge on any atom is 0.312 e. The number of aromatic nitrogens is 3. The first-order chi connectivity index (χ1) is 14.5. The van der Waals surface area contributed by atoms with Gasteiger partial charge in [0, 0.05) is 17.6 Å². The molecule has 3 rings (SSSR count). The number of nitrogen functional groups attached to an aromatic ring is 1. The van der Waals surface area contributed by atoms with E-state index in [4.69, 9.17) is 27.0 Å². The molecule has 2 aromatic heterocycles. The number of benzene rings is 1. The molecule has 0 atom stereocenters. The van der Waals surface area contributed by atoms with Crippen LogP contribution >= 0.6 is 23.4 Å². The van der Waals surface area contributed by atoms with Crippen LogP contribution in [0.4, 0.5) is 6.01 Å². The summed E-state index contributed by atoms with van der Waals surface area (Å²) < 4.78 is 5.20. The minimum atomic E-state index is -0.202. The van der Waals surface area contributed by atoms with Crippen molar-refractivity contribution in [2.75, 3.05) is 11.5 Å². The normalized spacial score (nSPS) is 10.6. The molecule has 3 N–H and O–H groups in total. The van der Waals surface area contributed by atoms with Gasteiger partial charge in [-0.25, -0.2) is 4.98 Å². The number of anilines is 1. The Labute approximate surface area is 181 Å². The van der Waals surface area contributed by atoms with E-state index < -0.39 is 0 Å². The molecule has 0 saturated carbocycles. The van der Waals surface area contributed by atoms with Crippen LogP contribution in [0.5, 0.6) is 0 Å². The van der Waals surface area contributed by atoms with Gasteiger partial charge in [-0.15, -0.1) is 16.9 Å². The number of nitriles is 1. The van der Waals surface area contributed by atoms with Crippen molar-refractivity contribution in [1.82, 2.24) is 20.1 Å². The first-order valence-electron chi connectivity index (χ1n) is 8.71. The third-order valence-corrected chi connectivity index (χ3v) is 5.49. The van der Waals surface area contributed by atoms with E-state index in [1.807, 2.05) is 6.07 Å². The van der Waals surface area contributed by atoms with Gasteiger partial charge >= 0.3 is 6.01 Å². The summed E-state index contributed by atoms with van der Waals surface area (Å²) in [4.78, 5) is 19.2. The molecule has 2 heterocycles. The summed E-state index contributed by atoms with van der Waals surface area (Å²) in [6, 6.07) is 10.3. The molecule has 1 amide bonds. The molecule has 0 radical (unpaired) electrons. The highest BCUT2D eigenvalue weighted by atomic mass is 35.5. The number of nitrogens with two attached hydrogens (primary N) is 1. The van der Waals surface area contributed by atoms with Crippen LogP contribution in [0.25, 0.3) is 0 Å². The molecule has 3 aromatic rings. The maximum absolute atomic E-state index is 12.9. The minimum absolute atomic E-state index is 0.0635. The third-order valence-electron chi connectivity index (χ3n) is 4.00. The molecule has 0 aliphatic rings. The predicted molar refractivity (Wildman–Crippen MR) is 110 cm³/mol. The second kappa shape index (κ2) is 10.1. The van der Waals surface area contributed by atoms with Gasteiger partial charge < -0.3 is 20.2 Å². The van der Waals surface area contributed by atoms with Gasteiger partial charge in [0.1, 0.15) is 11.8 Å². The number of amides is 1. The lowest BCUT2D eigenvalue weighted by Crippen LogP contribution is -2.31. The van der Waals surface area contributed by atoms with Gasteiger partial charge in [-0.3, -0.25) is 4.79 Å². The van der Waals surface area contributed by atoms with Crippen LogP contribution in [0, 0.1) is 11.3 Å². The number of halogens is 1. The summed E-state index contributed by atoms with van der Waals surface area (Å²) in [5.74, 6) is 0.0985. The van der Waals surface area contributed by atoms with Crippen LogP contribution < -0.4 is 5.73 Å². The molecule has 30 heavy (non-hydrogen) atoms. The Hall–Kier alpha value is -3.13. The second-order valence-corrected chi connectivity index (χ2v) is 7.58. The van der Waals surface area contributed by atoms with Crippen molar-refractivity contribution in [2.45, 2.75) is 24.6 Å². The van der Waals surface area contributed by atoms with Gasteiger partial charge in [-0.1, -0.05) is 28.8 Å². The average molecular weight is 445 g/mol. The van der Waals surface area contributed by atoms with Gasteiger partial charge in [0.05, 0.1) is 23.9 Å². The van der Waals surface area contributed by atoms with E-state index in [9.17, 15) is 9.90 Å². The fraction of sp³-hybridized carbons (Fsp3) is 0.211. The Morgan fingerprint density at radius 3 is 2.70 bits per heavy atom. The van der Waals surface area contributed by atoms with E-state index in [0.29, 0.717) is 15.5 Å². The largest absolute Gasteiger partial charge is 0.406 e. The van der Waals surface area contributed by atoms with Gasteiger partial charge in [-0.05, 0) is 29.3 Å². The van der Waals surface area contributed by atoms with Crippen molar-refractivity contribution in [3.8, 4) is 6.07 Å². The number of carbonyl (C=O) groups excluding carboxylic acids is 1. The molecule has 1 aromatic carbocycles. The molecular weight excluding hydrogens is 428 g/mol. The second-order valence-electron chi connectivity index (χ2n) is 6.16. The molecule has 0 aliphatic heterocycles. The van der Waals surface area contributed by atoms with Crippen LogP contribution in [0.1, 0.15) is 22.7 Å². The lowest BCUT2D eigenvalue weighted by molar-refractivity contribution is -0.129. The number of thioether (sulfide) groups is 1. The zero-order chi connectivity index (χ0) is 21.5. The zero-order valence-corrected chi connectivity index (χ0v) is 17.2. The number of aliphatic hydroxyl groups excluding tert-OH is 1. The standard InChI is InChI=1S/C19H17ClN6O3S/c20-15-4-2-12(10-27)5-16(15)30-11-18(28)26(9-17-24-25-19(22)29-17)8-13-1-3-14(6-21)23-7-13/h1-5,7,27H,8-11H2,(H2,22,25). The van der Waals surface area contributed by atoms with Crippen LogP contribution in [0.3, 0.4) is 0 Å². The Balaban J connectivity index is 1.74. The molecule has 0 bridgehead atoms. The summed E-state index contributed by atoms with van der Waals surface area (Å²) in [6.07, 6.45) is 1.54. The first-order valence-corrected chi connectivity index (χ1v) is 10.1. The van der Waals surface area contributed by atoms with E-state index in [-0.39, 0.29) is 49.0 Å². The molecule has 0 unspecified atom stereocenters. The maximum atomic E-state index is 12.9. The Morgan fingerprint density at radius 1 is 1.27 bits per heavy atom. The van der Waals surface area contributed by atoms with Gasteiger partial charge in [0.2, 0.25) is 11.8 Å². The highest BCUT2D eigenvalue weighted by molar-refractivity contribution is 8.00. The van der Waals surface area contributed by atoms with Crippen LogP contribution in [-0.4, -0.2) is 36.8 Å². The van der Waals surface area contributed by atoms with E-state index in [0.717, 1.165) is 5.56 Å². The quantitative estimate of drug-likeness (QED) is 0.500. The van der Waals surface area contributed by atoms with E-state index in [1.165, 1.54) is 22.9 Å². The van der Waals surface area contributed by atoms with Crippen molar-refractivity contribution in [3.05, 3.63) is 64.3 Å². The van der Waals surface area contributed by atoms with E-state index in [1.54, 1.807) is 30.3 Å². The first kappa shape index (κ1) is 21.6. The van der Waals surface area contributed by atoms with Crippen LogP contribution in [-0.2, 0) is 24.5 Å². The van der Waals surface area contributed by atoms with Crippen LogP contribution in [0.2, 0.25) is 5.02 Å². The number of rotatable bonds is 8. The molecule has 9 nitrogen and oxygen atoms in total. The number of hydrogen-bond acceptors (Lipinski definition) is 9. The number of carbonyl (C=O) groups is 1. The van der Waals surface area contributed by atoms with Crippen molar-refractivity contribution in [1.29, 1.82) is 5.26 Å². The minimum Gasteiger partial charge on any atom is -0.406 e. The summed E-state index contributed by atoms with van der Waals surface area (Å²) in [7, 11) is 0. The molecule has 154 valence electrons. The molecule has 0 saturated heterocycles. The topological polar surface area (TPSA) is 142 Å². The third kappa shape index (κ3) is 5.70. The van der Waals surface area contributed by atoms with Crippen molar-refractivity contribution in [3.63, 3.8) is 0 Å². The zero-order valence-electron chi connectivity index (χ0n) is 15.7. The molecular formula is C19H17ClN6O3S. The van der Waals surface area contributed by atoms with Gasteiger partial charge in [-0.2, -0.15) is 5.26 Å². The SMILES string of the molecule is N#Cc1ccc(CN(Cc2nnc(N)o2)C(=O)CSc2cc(CO)ccc2Cl)cn1. The van der Waals surface area contributed by atoms with E-state index >= 15 is 0 Å². The number of nitrogens with zero attached hydrogens (tertiary/aromatic N) is 5. The Kier molecular flexibility index (Phi) is 7.24. The average Bonchev–Trinajstić information content (AvgIpc) is 3.17. The molecule has 0 spiro atoms. The molecule has 11 heteroatoms. The lowest BCUT2D eigenvalue weighted by atomic mass is 10.2. The highest BCUT2D eigenvalue weighted by Gasteiger charge is 2.19. The monoisotopic (exact) mass is 444 g/mol. The summed E-state index contributed by atoms with van der Waals surface area (Å²) in [6.45, 7) is 0.174. The number of pyridine rings is 1. The van der Waals surface area contributed by atoms with Crippen molar-refractivity contribution in [2.24, 2.45) is 0 Å². The van der Waals surface area contributed by atoms with Gasteiger partial charge in [0.15, 0.2) is 0 Å². The summed E-state index contributed by atoms with van der Waals surface area (Å²) in [5, 5.41) is 26.1. The number of aliphatic hydroxyl groups is 1.